The van der Waals surface area contributed by atoms with Gasteiger partial charge in [-0.2, -0.15) is 0 Å². The fraction of sp³-hybridized carbons (Fsp3) is 0.900. The Morgan fingerprint density at radius 3 is 2.42 bits per heavy atom. The molecular weight excluding hydrogens is 172 g/mol. The SMILES string of the molecule is CC(C)(C)[C@@H]1CCCC(=O)[C@@H]1Cl. The molecule has 0 aromatic carbocycles. The van der Waals surface area contributed by atoms with Crippen LogP contribution in [-0.4, -0.2) is 11.2 Å². The molecule has 1 fully saturated rings. The summed E-state index contributed by atoms with van der Waals surface area (Å²) in [7, 11) is 0. The second-order valence-corrected chi connectivity index (χ2v) is 5.20. The predicted octanol–water partition coefficient (Wildman–Crippen LogP) is 3.01. The average molecular weight is 189 g/mol. The molecule has 0 aromatic heterocycles. The van der Waals surface area contributed by atoms with Crippen LogP contribution in [0.5, 0.6) is 0 Å². The molecule has 0 aromatic rings. The number of ketones is 1. The van der Waals surface area contributed by atoms with Crippen LogP contribution in [0, 0.1) is 11.3 Å². The van der Waals surface area contributed by atoms with E-state index in [1.54, 1.807) is 0 Å². The molecule has 12 heavy (non-hydrogen) atoms. The molecule has 1 aliphatic carbocycles. The zero-order valence-electron chi connectivity index (χ0n) is 8.06. The summed E-state index contributed by atoms with van der Waals surface area (Å²) in [5, 5.41) is -0.237. The summed E-state index contributed by atoms with van der Waals surface area (Å²) in [6.07, 6.45) is 2.80. The van der Waals surface area contributed by atoms with Crippen molar-refractivity contribution >= 4 is 17.4 Å². The molecule has 0 heterocycles. The maximum atomic E-state index is 11.3. The molecule has 0 bridgehead atoms. The monoisotopic (exact) mass is 188 g/mol. The summed E-state index contributed by atoms with van der Waals surface area (Å²) >= 11 is 6.07. The van der Waals surface area contributed by atoms with E-state index in [1.807, 2.05) is 0 Å². The number of hydrogen-bond acceptors (Lipinski definition) is 1. The smallest absolute Gasteiger partial charge is 0.150 e. The highest BCUT2D eigenvalue weighted by Crippen LogP contribution is 2.38. The molecule has 0 N–H and O–H groups in total. The van der Waals surface area contributed by atoms with E-state index < -0.39 is 0 Å². The van der Waals surface area contributed by atoms with E-state index in [-0.39, 0.29) is 16.6 Å². The second kappa shape index (κ2) is 3.37. The van der Waals surface area contributed by atoms with Gasteiger partial charge < -0.3 is 0 Å². The Hall–Kier alpha value is -0.0400. The first kappa shape index (κ1) is 10.0. The normalized spacial score (nSPS) is 32.2. The molecule has 70 valence electrons. The van der Waals surface area contributed by atoms with Crippen LogP contribution in [-0.2, 0) is 4.79 Å². The van der Waals surface area contributed by atoms with E-state index in [2.05, 4.69) is 20.8 Å². The van der Waals surface area contributed by atoms with Gasteiger partial charge in [-0.05, 0) is 24.2 Å². The van der Waals surface area contributed by atoms with Crippen molar-refractivity contribution in [2.45, 2.75) is 45.4 Å². The van der Waals surface area contributed by atoms with E-state index in [9.17, 15) is 4.79 Å². The Bertz CT molecular complexity index is 181. The van der Waals surface area contributed by atoms with Crippen molar-refractivity contribution in [2.75, 3.05) is 0 Å². The first-order chi connectivity index (χ1) is 5.43. The van der Waals surface area contributed by atoms with Crippen LogP contribution < -0.4 is 0 Å². The van der Waals surface area contributed by atoms with Gasteiger partial charge in [0.25, 0.3) is 0 Å². The lowest BCUT2D eigenvalue weighted by atomic mass is 9.72. The van der Waals surface area contributed by atoms with Crippen LogP contribution in [0.3, 0.4) is 0 Å². The summed E-state index contributed by atoms with van der Waals surface area (Å²) in [6, 6.07) is 0. The second-order valence-electron chi connectivity index (χ2n) is 4.73. The fourth-order valence-electron chi connectivity index (χ4n) is 1.88. The third kappa shape index (κ3) is 2.01. The van der Waals surface area contributed by atoms with Crippen molar-refractivity contribution < 1.29 is 4.79 Å². The van der Waals surface area contributed by atoms with Crippen molar-refractivity contribution in [1.29, 1.82) is 0 Å². The van der Waals surface area contributed by atoms with Gasteiger partial charge in [-0.25, -0.2) is 0 Å². The van der Waals surface area contributed by atoms with Gasteiger partial charge in [-0.3, -0.25) is 4.79 Å². The highest BCUT2D eigenvalue weighted by Gasteiger charge is 2.37. The number of hydrogen-bond donors (Lipinski definition) is 0. The number of halogens is 1. The Labute approximate surface area is 79.5 Å². The summed E-state index contributed by atoms with van der Waals surface area (Å²) in [6.45, 7) is 6.48. The Morgan fingerprint density at radius 2 is 2.00 bits per heavy atom. The number of carbonyl (C=O) groups excluding carboxylic acids is 1. The maximum absolute atomic E-state index is 11.3. The molecule has 0 saturated heterocycles. The Morgan fingerprint density at radius 1 is 1.42 bits per heavy atom. The standard InChI is InChI=1S/C10H17ClO/c1-10(2,3)7-5-4-6-8(12)9(7)11/h7,9H,4-6H2,1-3H3/t7-,9-/m1/s1. The van der Waals surface area contributed by atoms with E-state index in [0.717, 1.165) is 12.8 Å². The van der Waals surface area contributed by atoms with Gasteiger partial charge in [-0.15, -0.1) is 11.6 Å². The summed E-state index contributed by atoms with van der Waals surface area (Å²) in [5.41, 5.74) is 0.169. The fourth-order valence-corrected chi connectivity index (χ4v) is 2.49. The van der Waals surface area contributed by atoms with Crippen LogP contribution >= 0.6 is 11.6 Å². The molecule has 0 unspecified atom stereocenters. The zero-order valence-corrected chi connectivity index (χ0v) is 8.82. The quantitative estimate of drug-likeness (QED) is 0.535. The molecule has 0 amide bonds. The van der Waals surface area contributed by atoms with Gasteiger partial charge in [-0.1, -0.05) is 20.8 Å². The van der Waals surface area contributed by atoms with Crippen LogP contribution in [0.2, 0.25) is 0 Å². The average Bonchev–Trinajstić information content (AvgIpc) is 1.92. The highest BCUT2D eigenvalue weighted by atomic mass is 35.5. The molecular formula is C10H17ClO. The van der Waals surface area contributed by atoms with E-state index in [4.69, 9.17) is 11.6 Å². The largest absolute Gasteiger partial charge is 0.298 e. The summed E-state index contributed by atoms with van der Waals surface area (Å²) in [5.74, 6) is 0.600. The lowest BCUT2D eigenvalue weighted by Crippen LogP contribution is -2.37. The Kier molecular flexibility index (Phi) is 2.82. The summed E-state index contributed by atoms with van der Waals surface area (Å²) < 4.78 is 0. The molecule has 1 saturated carbocycles. The van der Waals surface area contributed by atoms with Crippen molar-refractivity contribution in [1.82, 2.24) is 0 Å². The number of rotatable bonds is 0. The van der Waals surface area contributed by atoms with Gasteiger partial charge in [0, 0.05) is 6.42 Å². The minimum absolute atomic E-state index is 0.169. The number of carbonyl (C=O) groups is 1. The molecule has 2 heteroatoms. The maximum Gasteiger partial charge on any atom is 0.150 e. The van der Waals surface area contributed by atoms with Gasteiger partial charge in [0.1, 0.15) is 0 Å². The summed E-state index contributed by atoms with van der Waals surface area (Å²) in [4.78, 5) is 11.3. The molecule has 0 spiro atoms. The van der Waals surface area contributed by atoms with E-state index in [0.29, 0.717) is 12.3 Å². The third-order valence-corrected chi connectivity index (χ3v) is 3.26. The van der Waals surface area contributed by atoms with Crippen LogP contribution in [0.4, 0.5) is 0 Å². The Balaban J connectivity index is 2.70. The third-order valence-electron chi connectivity index (χ3n) is 2.71. The minimum Gasteiger partial charge on any atom is -0.298 e. The van der Waals surface area contributed by atoms with Crippen molar-refractivity contribution in [3.63, 3.8) is 0 Å². The number of alkyl halides is 1. The lowest BCUT2D eigenvalue weighted by molar-refractivity contribution is -0.122. The molecule has 0 aliphatic heterocycles. The van der Waals surface area contributed by atoms with Crippen molar-refractivity contribution in [2.24, 2.45) is 11.3 Å². The van der Waals surface area contributed by atoms with Gasteiger partial charge in [0.05, 0.1) is 5.38 Å². The highest BCUT2D eigenvalue weighted by molar-refractivity contribution is 6.31. The van der Waals surface area contributed by atoms with E-state index >= 15 is 0 Å². The van der Waals surface area contributed by atoms with Crippen LogP contribution in [0.15, 0.2) is 0 Å². The molecule has 1 aliphatic rings. The van der Waals surface area contributed by atoms with Crippen molar-refractivity contribution in [3.8, 4) is 0 Å². The van der Waals surface area contributed by atoms with E-state index in [1.165, 1.54) is 0 Å². The predicted molar refractivity (Wildman–Crippen MR) is 51.4 cm³/mol. The van der Waals surface area contributed by atoms with Crippen LogP contribution in [0.25, 0.3) is 0 Å². The molecule has 1 rings (SSSR count). The molecule has 2 atom stereocenters. The molecule has 1 nitrogen and oxygen atoms in total. The minimum atomic E-state index is -0.237. The van der Waals surface area contributed by atoms with Gasteiger partial charge >= 0.3 is 0 Å². The number of Topliss-reactive ketones (excluding diaryl/α,β-unsaturated/α-hetero) is 1. The first-order valence-corrected chi connectivity index (χ1v) is 5.03. The zero-order chi connectivity index (χ0) is 9.35. The molecule has 0 radical (unpaired) electrons. The topological polar surface area (TPSA) is 17.1 Å². The lowest BCUT2D eigenvalue weighted by Gasteiger charge is -2.36. The van der Waals surface area contributed by atoms with Crippen molar-refractivity contribution in [3.05, 3.63) is 0 Å². The van der Waals surface area contributed by atoms with Gasteiger partial charge in [0.15, 0.2) is 5.78 Å². The van der Waals surface area contributed by atoms with Crippen LogP contribution in [0.1, 0.15) is 40.0 Å². The van der Waals surface area contributed by atoms with Gasteiger partial charge in [0.2, 0.25) is 0 Å². The first-order valence-electron chi connectivity index (χ1n) is 4.59.